The molecule has 0 N–H and O–H groups in total. The number of hydrogen-bond acceptors (Lipinski definition) is 4. The maximum absolute atomic E-state index is 13.0. The molecule has 0 unspecified atom stereocenters. The van der Waals surface area contributed by atoms with E-state index >= 15 is 0 Å². The summed E-state index contributed by atoms with van der Waals surface area (Å²) in [6, 6.07) is 6.59. The number of hydrogen-bond donors (Lipinski definition) is 0. The molecule has 2 heterocycles. The molecule has 1 aromatic carbocycles. The normalized spacial score (nSPS) is 20.4. The minimum atomic E-state index is -0.212. The zero-order valence-electron chi connectivity index (χ0n) is 14.5. The number of likely N-dealkylation sites (N-methyl/N-ethyl adjacent to an activating group) is 1. The molecule has 6 heteroatoms. The number of rotatable bonds is 4. The van der Waals surface area contributed by atoms with Gasteiger partial charge in [-0.2, -0.15) is 0 Å². The highest BCUT2D eigenvalue weighted by molar-refractivity contribution is 5.76. The summed E-state index contributed by atoms with van der Waals surface area (Å²) in [6.07, 6.45) is 0.611. The number of carbonyl (C=O) groups is 1. The first-order valence-corrected chi connectivity index (χ1v) is 8.81. The molecule has 0 saturated carbocycles. The second kappa shape index (κ2) is 7.94. The van der Waals surface area contributed by atoms with Crippen molar-refractivity contribution in [2.24, 2.45) is 0 Å². The smallest absolute Gasteiger partial charge is 0.223 e. The molecule has 2 saturated heterocycles. The molecule has 1 amide bonds. The van der Waals surface area contributed by atoms with E-state index in [2.05, 4.69) is 21.7 Å². The fourth-order valence-electron chi connectivity index (χ4n) is 3.35. The van der Waals surface area contributed by atoms with Gasteiger partial charge >= 0.3 is 0 Å². The summed E-state index contributed by atoms with van der Waals surface area (Å²) >= 11 is 0. The molecule has 132 valence electrons. The Morgan fingerprint density at radius 3 is 2.21 bits per heavy atom. The van der Waals surface area contributed by atoms with Crippen molar-refractivity contribution in [2.45, 2.75) is 6.42 Å². The van der Waals surface area contributed by atoms with E-state index in [1.54, 1.807) is 12.1 Å². The topological polar surface area (TPSA) is 30.0 Å². The molecule has 3 rings (SSSR count). The second-order valence-corrected chi connectivity index (χ2v) is 6.74. The molecular formula is C18H27FN4O. The van der Waals surface area contributed by atoms with Crippen LogP contribution in [0.25, 0.3) is 0 Å². The predicted octanol–water partition coefficient (Wildman–Crippen LogP) is 1.11. The summed E-state index contributed by atoms with van der Waals surface area (Å²) < 4.78 is 13.0. The van der Waals surface area contributed by atoms with Crippen molar-refractivity contribution in [3.8, 4) is 0 Å². The van der Waals surface area contributed by atoms with Crippen molar-refractivity contribution >= 4 is 11.6 Å². The molecule has 1 aromatic rings. The first-order valence-electron chi connectivity index (χ1n) is 8.81. The van der Waals surface area contributed by atoms with Crippen molar-refractivity contribution in [2.75, 3.05) is 70.9 Å². The summed E-state index contributed by atoms with van der Waals surface area (Å²) in [5, 5.41) is 0. The van der Waals surface area contributed by atoms with E-state index < -0.39 is 0 Å². The monoisotopic (exact) mass is 334 g/mol. The van der Waals surface area contributed by atoms with E-state index in [9.17, 15) is 9.18 Å². The Hall–Kier alpha value is -1.66. The number of carbonyl (C=O) groups excluding carboxylic acids is 1. The number of halogens is 1. The average Bonchev–Trinajstić information content (AvgIpc) is 2.62. The van der Waals surface area contributed by atoms with Gasteiger partial charge in [-0.25, -0.2) is 4.39 Å². The predicted molar refractivity (Wildman–Crippen MR) is 93.7 cm³/mol. The van der Waals surface area contributed by atoms with Crippen molar-refractivity contribution < 1.29 is 9.18 Å². The molecule has 2 aliphatic rings. The highest BCUT2D eigenvalue weighted by Gasteiger charge is 2.22. The van der Waals surface area contributed by atoms with Gasteiger partial charge in [-0.05, 0) is 31.3 Å². The van der Waals surface area contributed by atoms with Crippen LogP contribution in [0.15, 0.2) is 24.3 Å². The van der Waals surface area contributed by atoms with Crippen molar-refractivity contribution in [1.82, 2.24) is 14.7 Å². The van der Waals surface area contributed by atoms with E-state index in [0.29, 0.717) is 6.42 Å². The number of anilines is 1. The van der Waals surface area contributed by atoms with Crippen LogP contribution in [0, 0.1) is 5.82 Å². The van der Waals surface area contributed by atoms with Crippen LogP contribution in [0.4, 0.5) is 10.1 Å². The summed E-state index contributed by atoms with van der Waals surface area (Å²) in [4.78, 5) is 21.3. The van der Waals surface area contributed by atoms with E-state index in [-0.39, 0.29) is 11.7 Å². The van der Waals surface area contributed by atoms with Crippen molar-refractivity contribution in [3.05, 3.63) is 30.1 Å². The molecule has 2 aliphatic heterocycles. The SMILES string of the molecule is CN1CCN(CCC(=O)N2CCN(c3ccc(F)cc3)CC2)CC1. The molecule has 24 heavy (non-hydrogen) atoms. The van der Waals surface area contributed by atoms with Gasteiger partial charge in [0.2, 0.25) is 5.91 Å². The maximum atomic E-state index is 13.0. The van der Waals surface area contributed by atoms with Gasteiger partial charge in [0, 0.05) is 71.0 Å². The van der Waals surface area contributed by atoms with E-state index in [1.165, 1.54) is 12.1 Å². The van der Waals surface area contributed by atoms with Crippen LogP contribution in [-0.4, -0.2) is 86.6 Å². The van der Waals surface area contributed by atoms with E-state index in [1.807, 2.05) is 4.90 Å². The number of amides is 1. The van der Waals surface area contributed by atoms with Gasteiger partial charge in [0.05, 0.1) is 0 Å². The lowest BCUT2D eigenvalue weighted by molar-refractivity contribution is -0.131. The van der Waals surface area contributed by atoms with Gasteiger partial charge in [-0.15, -0.1) is 0 Å². The van der Waals surface area contributed by atoms with E-state index in [4.69, 9.17) is 0 Å². The standard InChI is InChI=1S/C18H27FN4O/c1-20-8-10-21(11-9-20)7-6-18(24)23-14-12-22(13-15-23)17-4-2-16(19)3-5-17/h2-5H,6-15H2,1H3. The van der Waals surface area contributed by atoms with Crippen molar-refractivity contribution in [3.63, 3.8) is 0 Å². The zero-order valence-corrected chi connectivity index (χ0v) is 14.5. The molecule has 0 radical (unpaired) electrons. The van der Waals surface area contributed by atoms with Gasteiger partial charge < -0.3 is 19.6 Å². The molecule has 0 aliphatic carbocycles. The number of piperazine rings is 2. The molecular weight excluding hydrogens is 307 g/mol. The van der Waals surface area contributed by atoms with Crippen LogP contribution in [0.5, 0.6) is 0 Å². The van der Waals surface area contributed by atoms with Crippen LogP contribution < -0.4 is 4.90 Å². The lowest BCUT2D eigenvalue weighted by atomic mass is 10.2. The fraction of sp³-hybridized carbons (Fsp3) is 0.611. The molecule has 0 bridgehead atoms. The van der Waals surface area contributed by atoms with Crippen LogP contribution in [0.3, 0.4) is 0 Å². The highest BCUT2D eigenvalue weighted by atomic mass is 19.1. The largest absolute Gasteiger partial charge is 0.368 e. The lowest BCUT2D eigenvalue weighted by Crippen LogP contribution is -2.50. The first kappa shape index (κ1) is 17.2. The number of benzene rings is 1. The summed E-state index contributed by atoms with van der Waals surface area (Å²) in [6.45, 7) is 8.28. The van der Waals surface area contributed by atoms with Gasteiger partial charge in [0.15, 0.2) is 0 Å². The Balaban J connectivity index is 1.41. The van der Waals surface area contributed by atoms with Gasteiger partial charge in [0.1, 0.15) is 5.82 Å². The Bertz CT molecular complexity index is 534. The third-order valence-electron chi connectivity index (χ3n) is 5.06. The minimum absolute atomic E-state index is 0.212. The van der Waals surface area contributed by atoms with Gasteiger partial charge in [-0.3, -0.25) is 4.79 Å². The second-order valence-electron chi connectivity index (χ2n) is 6.74. The Morgan fingerprint density at radius 2 is 1.58 bits per heavy atom. The maximum Gasteiger partial charge on any atom is 0.223 e. The molecule has 0 atom stereocenters. The summed E-state index contributed by atoms with van der Waals surface area (Å²) in [7, 11) is 2.14. The summed E-state index contributed by atoms with van der Waals surface area (Å²) in [5.74, 6) is 0.0455. The van der Waals surface area contributed by atoms with Gasteiger partial charge in [-0.1, -0.05) is 0 Å². The molecule has 5 nitrogen and oxygen atoms in total. The molecule has 0 spiro atoms. The van der Waals surface area contributed by atoms with Crippen LogP contribution >= 0.6 is 0 Å². The minimum Gasteiger partial charge on any atom is -0.368 e. The zero-order chi connectivity index (χ0) is 16.9. The molecule has 2 fully saturated rings. The van der Waals surface area contributed by atoms with Crippen LogP contribution in [0.2, 0.25) is 0 Å². The van der Waals surface area contributed by atoms with E-state index in [0.717, 1.165) is 64.6 Å². The fourth-order valence-corrected chi connectivity index (χ4v) is 3.35. The number of nitrogens with zero attached hydrogens (tertiary/aromatic N) is 4. The Labute approximate surface area is 143 Å². The van der Waals surface area contributed by atoms with Crippen LogP contribution in [0.1, 0.15) is 6.42 Å². The van der Waals surface area contributed by atoms with Crippen LogP contribution in [-0.2, 0) is 4.79 Å². The third kappa shape index (κ3) is 4.45. The highest BCUT2D eigenvalue weighted by Crippen LogP contribution is 2.17. The Kier molecular flexibility index (Phi) is 5.68. The quantitative estimate of drug-likeness (QED) is 0.825. The van der Waals surface area contributed by atoms with Crippen molar-refractivity contribution in [1.29, 1.82) is 0 Å². The Morgan fingerprint density at radius 1 is 0.958 bits per heavy atom. The first-order chi connectivity index (χ1) is 11.6. The summed E-state index contributed by atoms with van der Waals surface area (Å²) in [5.41, 5.74) is 1.03. The average molecular weight is 334 g/mol. The molecule has 0 aromatic heterocycles. The lowest BCUT2D eigenvalue weighted by Gasteiger charge is -2.37. The third-order valence-corrected chi connectivity index (χ3v) is 5.06. The van der Waals surface area contributed by atoms with Gasteiger partial charge in [0.25, 0.3) is 0 Å².